The van der Waals surface area contributed by atoms with Gasteiger partial charge in [-0.1, -0.05) is 0 Å². The highest BCUT2D eigenvalue weighted by Crippen LogP contribution is 2.36. The second-order valence-electron chi connectivity index (χ2n) is 4.66. The van der Waals surface area contributed by atoms with Crippen LogP contribution in [0.3, 0.4) is 0 Å². The van der Waals surface area contributed by atoms with Crippen molar-refractivity contribution in [3.05, 3.63) is 0 Å². The monoisotopic (exact) mass is 261 g/mol. The number of ether oxygens (including phenoxy) is 1. The van der Waals surface area contributed by atoms with Crippen molar-refractivity contribution in [2.45, 2.75) is 37.4 Å². The second kappa shape index (κ2) is 4.45. The molecule has 2 aliphatic rings. The SMILES string of the molecule is C[C@@]1(F)[C@H](O)[C@@H](CO)O[C@H]1N1CCC(=N)NC1=O. The Morgan fingerprint density at radius 1 is 1.72 bits per heavy atom. The van der Waals surface area contributed by atoms with Crippen LogP contribution in [0.2, 0.25) is 0 Å². The molecule has 18 heavy (non-hydrogen) atoms. The molecule has 4 atom stereocenters. The van der Waals surface area contributed by atoms with Crippen molar-refractivity contribution in [1.29, 1.82) is 5.41 Å². The summed E-state index contributed by atoms with van der Waals surface area (Å²) in [6, 6.07) is -0.633. The van der Waals surface area contributed by atoms with Crippen LogP contribution in [0.25, 0.3) is 0 Å². The molecule has 2 saturated heterocycles. The van der Waals surface area contributed by atoms with Gasteiger partial charge in [0.15, 0.2) is 11.9 Å². The summed E-state index contributed by atoms with van der Waals surface area (Å²) < 4.78 is 19.6. The fourth-order valence-electron chi connectivity index (χ4n) is 2.22. The molecule has 0 spiro atoms. The maximum Gasteiger partial charge on any atom is 0.324 e. The third kappa shape index (κ3) is 1.96. The molecule has 0 radical (unpaired) electrons. The quantitative estimate of drug-likeness (QED) is 0.521. The molecule has 4 N–H and O–H groups in total. The van der Waals surface area contributed by atoms with E-state index in [2.05, 4.69) is 5.32 Å². The zero-order valence-electron chi connectivity index (χ0n) is 9.89. The predicted octanol–water partition coefficient (Wildman–Crippen LogP) is -0.815. The van der Waals surface area contributed by atoms with E-state index in [1.165, 1.54) is 0 Å². The first-order valence-electron chi connectivity index (χ1n) is 5.66. The lowest BCUT2D eigenvalue weighted by Crippen LogP contribution is -2.59. The van der Waals surface area contributed by atoms with Crippen LogP contribution in [0, 0.1) is 5.41 Å². The summed E-state index contributed by atoms with van der Waals surface area (Å²) >= 11 is 0. The molecule has 0 aromatic carbocycles. The highest BCUT2D eigenvalue weighted by atomic mass is 19.1. The predicted molar refractivity (Wildman–Crippen MR) is 58.8 cm³/mol. The van der Waals surface area contributed by atoms with Gasteiger partial charge in [-0.15, -0.1) is 0 Å². The number of carbonyl (C=O) groups is 1. The highest BCUT2D eigenvalue weighted by Gasteiger charge is 2.57. The maximum atomic E-state index is 14.4. The Morgan fingerprint density at radius 2 is 2.39 bits per heavy atom. The fraction of sp³-hybridized carbons (Fsp3) is 0.800. The zero-order chi connectivity index (χ0) is 13.5. The topological polar surface area (TPSA) is 106 Å². The van der Waals surface area contributed by atoms with E-state index in [1.807, 2.05) is 0 Å². The first kappa shape index (κ1) is 13.2. The van der Waals surface area contributed by atoms with Crippen LogP contribution >= 0.6 is 0 Å². The second-order valence-corrected chi connectivity index (χ2v) is 4.66. The number of hydrogen-bond donors (Lipinski definition) is 4. The summed E-state index contributed by atoms with van der Waals surface area (Å²) in [5.41, 5.74) is -2.16. The Hall–Kier alpha value is -1.25. The standard InChI is InChI=1S/C10H16FN3O4/c1-10(11)7(16)5(4-15)18-8(10)14-3-2-6(12)13-9(14)17/h5,7-8,15-16H,2-4H2,1H3,(H2,12,13,17)/t5-,7-,8-,10-/m1/s1. The Kier molecular flexibility index (Phi) is 3.26. The highest BCUT2D eigenvalue weighted by molar-refractivity contribution is 5.98. The van der Waals surface area contributed by atoms with Gasteiger partial charge in [0.2, 0.25) is 0 Å². The van der Waals surface area contributed by atoms with Gasteiger partial charge < -0.3 is 14.9 Å². The number of hydrogen-bond acceptors (Lipinski definition) is 5. The van der Waals surface area contributed by atoms with Gasteiger partial charge in [0.25, 0.3) is 0 Å². The molecule has 2 amide bonds. The molecule has 0 aromatic heterocycles. The van der Waals surface area contributed by atoms with E-state index in [1.54, 1.807) is 0 Å². The van der Waals surface area contributed by atoms with Gasteiger partial charge in [-0.05, 0) is 6.92 Å². The van der Waals surface area contributed by atoms with Gasteiger partial charge in [-0.25, -0.2) is 9.18 Å². The maximum absolute atomic E-state index is 14.4. The van der Waals surface area contributed by atoms with Gasteiger partial charge in [0.1, 0.15) is 18.0 Å². The van der Waals surface area contributed by atoms with Crippen molar-refractivity contribution >= 4 is 11.9 Å². The number of halogens is 1. The molecule has 2 aliphatic heterocycles. The number of amides is 2. The summed E-state index contributed by atoms with van der Waals surface area (Å²) in [7, 11) is 0. The van der Waals surface area contributed by atoms with Crippen molar-refractivity contribution in [3.63, 3.8) is 0 Å². The lowest BCUT2D eigenvalue weighted by molar-refractivity contribution is -0.0870. The van der Waals surface area contributed by atoms with Crippen LogP contribution in [0.15, 0.2) is 0 Å². The number of alkyl halides is 1. The third-order valence-electron chi connectivity index (χ3n) is 3.30. The molecular weight excluding hydrogens is 245 g/mol. The number of nitrogens with zero attached hydrogens (tertiary/aromatic N) is 1. The van der Waals surface area contributed by atoms with Gasteiger partial charge in [0.05, 0.1) is 6.61 Å². The summed E-state index contributed by atoms with van der Waals surface area (Å²) in [5.74, 6) is 0.0639. The number of urea groups is 1. The van der Waals surface area contributed by atoms with Crippen molar-refractivity contribution in [2.24, 2.45) is 0 Å². The Balaban J connectivity index is 2.18. The molecule has 0 unspecified atom stereocenters. The van der Waals surface area contributed by atoms with Crippen LogP contribution in [-0.2, 0) is 4.74 Å². The molecule has 8 heteroatoms. The largest absolute Gasteiger partial charge is 0.394 e. The lowest BCUT2D eigenvalue weighted by Gasteiger charge is -2.36. The van der Waals surface area contributed by atoms with Crippen molar-refractivity contribution < 1.29 is 24.1 Å². The third-order valence-corrected chi connectivity index (χ3v) is 3.30. The number of nitrogens with one attached hydrogen (secondary N) is 2. The van der Waals surface area contributed by atoms with Crippen LogP contribution in [0.5, 0.6) is 0 Å². The summed E-state index contributed by atoms with van der Waals surface area (Å²) in [5, 5.41) is 28.3. The molecule has 2 fully saturated rings. The van der Waals surface area contributed by atoms with Crippen LogP contribution in [0.4, 0.5) is 9.18 Å². The van der Waals surface area contributed by atoms with E-state index >= 15 is 0 Å². The molecule has 2 rings (SSSR count). The summed E-state index contributed by atoms with van der Waals surface area (Å²) in [4.78, 5) is 12.8. The molecule has 0 saturated carbocycles. The number of aliphatic hydroxyl groups excluding tert-OH is 2. The van der Waals surface area contributed by atoms with E-state index in [-0.39, 0.29) is 18.8 Å². The molecule has 0 aliphatic carbocycles. The van der Waals surface area contributed by atoms with E-state index in [0.29, 0.717) is 0 Å². The van der Waals surface area contributed by atoms with E-state index in [0.717, 1.165) is 11.8 Å². The Labute approximate surface area is 103 Å². The molecule has 0 bridgehead atoms. The van der Waals surface area contributed by atoms with E-state index < -0.39 is 36.7 Å². The molecule has 7 nitrogen and oxygen atoms in total. The number of rotatable bonds is 2. The fourth-order valence-corrected chi connectivity index (χ4v) is 2.22. The Bertz CT molecular complexity index is 376. The minimum absolute atomic E-state index is 0.0639. The molecule has 0 aromatic rings. The van der Waals surface area contributed by atoms with Crippen molar-refractivity contribution in [2.75, 3.05) is 13.2 Å². The minimum Gasteiger partial charge on any atom is -0.394 e. The molecule has 102 valence electrons. The molecule has 2 heterocycles. The number of carbonyl (C=O) groups excluding carboxylic acids is 1. The summed E-state index contributed by atoms with van der Waals surface area (Å²) in [6.07, 6.45) is -3.56. The zero-order valence-corrected chi connectivity index (χ0v) is 9.89. The van der Waals surface area contributed by atoms with Crippen LogP contribution in [0.1, 0.15) is 13.3 Å². The normalized spacial score (nSPS) is 41.1. The van der Waals surface area contributed by atoms with Crippen LogP contribution in [-0.4, -0.2) is 64.2 Å². The van der Waals surface area contributed by atoms with E-state index in [4.69, 9.17) is 15.3 Å². The Morgan fingerprint density at radius 3 is 2.89 bits per heavy atom. The first-order chi connectivity index (χ1) is 8.37. The van der Waals surface area contributed by atoms with E-state index in [9.17, 15) is 14.3 Å². The number of amidine groups is 1. The average Bonchev–Trinajstić information content (AvgIpc) is 2.52. The van der Waals surface area contributed by atoms with Gasteiger partial charge in [-0.2, -0.15) is 0 Å². The minimum atomic E-state index is -2.16. The van der Waals surface area contributed by atoms with Crippen molar-refractivity contribution in [3.8, 4) is 0 Å². The van der Waals surface area contributed by atoms with Gasteiger partial charge >= 0.3 is 6.03 Å². The molecular formula is C10H16FN3O4. The van der Waals surface area contributed by atoms with Crippen molar-refractivity contribution in [1.82, 2.24) is 10.2 Å². The lowest BCUT2D eigenvalue weighted by atomic mass is 9.97. The smallest absolute Gasteiger partial charge is 0.324 e. The average molecular weight is 261 g/mol. The van der Waals surface area contributed by atoms with Gasteiger partial charge in [-0.3, -0.25) is 15.6 Å². The number of aliphatic hydroxyl groups is 2. The van der Waals surface area contributed by atoms with Crippen LogP contribution < -0.4 is 5.32 Å². The summed E-state index contributed by atoms with van der Waals surface area (Å²) in [6.45, 7) is 0.743. The first-order valence-corrected chi connectivity index (χ1v) is 5.66. The van der Waals surface area contributed by atoms with Gasteiger partial charge in [0, 0.05) is 13.0 Å².